The van der Waals surface area contributed by atoms with E-state index >= 15 is 0 Å². The molecule has 2 aromatic rings. The zero-order valence-corrected chi connectivity index (χ0v) is 10.7. The van der Waals surface area contributed by atoms with Gasteiger partial charge in [-0.05, 0) is 30.9 Å². The summed E-state index contributed by atoms with van der Waals surface area (Å²) in [6.45, 7) is 1.66. The van der Waals surface area contributed by atoms with E-state index in [9.17, 15) is 4.79 Å². The van der Waals surface area contributed by atoms with Crippen molar-refractivity contribution in [3.05, 3.63) is 36.1 Å². The van der Waals surface area contributed by atoms with Gasteiger partial charge in [0.2, 0.25) is 0 Å². The van der Waals surface area contributed by atoms with Crippen molar-refractivity contribution in [1.82, 2.24) is 4.90 Å². The fraction of sp³-hybridized carbons (Fsp3) is 0.400. The molecular weight excluding hydrogens is 242 g/mol. The second-order valence-corrected chi connectivity index (χ2v) is 5.07. The van der Waals surface area contributed by atoms with Gasteiger partial charge in [0, 0.05) is 25.1 Å². The second kappa shape index (κ2) is 5.05. The number of nitrogens with zero attached hydrogens (tertiary/aromatic N) is 1. The van der Waals surface area contributed by atoms with Crippen molar-refractivity contribution in [2.24, 2.45) is 5.92 Å². The van der Waals surface area contributed by atoms with Gasteiger partial charge in [-0.25, -0.2) is 0 Å². The highest BCUT2D eigenvalue weighted by Gasteiger charge is 2.28. The summed E-state index contributed by atoms with van der Waals surface area (Å²) in [4.78, 5) is 14.2. The van der Waals surface area contributed by atoms with Crippen molar-refractivity contribution in [2.75, 3.05) is 19.7 Å². The van der Waals surface area contributed by atoms with Crippen LogP contribution in [0.15, 0.2) is 34.7 Å². The van der Waals surface area contributed by atoms with Crippen molar-refractivity contribution in [3.8, 4) is 0 Å². The minimum absolute atomic E-state index is 0.0448. The Kier molecular flexibility index (Phi) is 3.25. The first kappa shape index (κ1) is 12.2. The Morgan fingerprint density at radius 3 is 3.05 bits per heavy atom. The Morgan fingerprint density at radius 1 is 1.42 bits per heavy atom. The summed E-state index contributed by atoms with van der Waals surface area (Å²) >= 11 is 0. The first-order chi connectivity index (χ1) is 9.28. The van der Waals surface area contributed by atoms with Crippen molar-refractivity contribution >= 4 is 16.9 Å². The summed E-state index contributed by atoms with van der Waals surface area (Å²) in [5.74, 6) is 0.779. The number of hydrogen-bond acceptors (Lipinski definition) is 3. The molecule has 0 saturated carbocycles. The van der Waals surface area contributed by atoms with E-state index in [4.69, 9.17) is 9.52 Å². The van der Waals surface area contributed by atoms with E-state index in [2.05, 4.69) is 0 Å². The number of furan rings is 1. The Bertz CT molecular complexity index is 557. The first-order valence-electron chi connectivity index (χ1n) is 6.66. The Hall–Kier alpha value is -1.81. The van der Waals surface area contributed by atoms with Gasteiger partial charge >= 0.3 is 0 Å². The summed E-state index contributed by atoms with van der Waals surface area (Å²) in [5, 5.41) is 9.90. The van der Waals surface area contributed by atoms with Crippen LogP contribution in [0.3, 0.4) is 0 Å². The maximum Gasteiger partial charge on any atom is 0.289 e. The Labute approximate surface area is 111 Å². The van der Waals surface area contributed by atoms with Gasteiger partial charge in [0.05, 0.1) is 0 Å². The fourth-order valence-electron chi connectivity index (χ4n) is 2.68. The molecule has 3 rings (SSSR count). The third-order valence-corrected chi connectivity index (χ3v) is 3.75. The van der Waals surface area contributed by atoms with Gasteiger partial charge < -0.3 is 14.4 Å². The number of hydrogen-bond donors (Lipinski definition) is 1. The number of rotatable bonds is 3. The van der Waals surface area contributed by atoms with E-state index in [1.165, 1.54) is 0 Å². The van der Waals surface area contributed by atoms with Crippen LogP contribution in [0.1, 0.15) is 23.4 Å². The van der Waals surface area contributed by atoms with E-state index in [1.54, 1.807) is 6.07 Å². The lowest BCUT2D eigenvalue weighted by molar-refractivity contribution is 0.0755. The van der Waals surface area contributed by atoms with E-state index in [0.29, 0.717) is 11.7 Å². The summed E-state index contributed by atoms with van der Waals surface area (Å²) < 4.78 is 5.60. The molecular formula is C15H17NO3. The molecule has 19 heavy (non-hydrogen) atoms. The largest absolute Gasteiger partial charge is 0.451 e. The SMILES string of the molecule is O=C(c1cc2ccccc2o1)N1CCC(CCO)C1. The van der Waals surface area contributed by atoms with Crippen LogP contribution in [0.4, 0.5) is 0 Å². The molecule has 1 unspecified atom stereocenters. The highest BCUT2D eigenvalue weighted by Crippen LogP contribution is 2.24. The minimum atomic E-state index is -0.0448. The van der Waals surface area contributed by atoms with E-state index in [1.807, 2.05) is 29.2 Å². The number of fused-ring (bicyclic) bond motifs is 1. The normalized spacial score (nSPS) is 19.2. The van der Waals surface area contributed by atoms with E-state index in [0.717, 1.165) is 36.9 Å². The molecule has 1 aromatic carbocycles. The molecule has 1 saturated heterocycles. The predicted octanol–water partition coefficient (Wildman–Crippen LogP) is 2.28. The molecule has 1 N–H and O–H groups in total. The van der Waals surface area contributed by atoms with Crippen molar-refractivity contribution in [1.29, 1.82) is 0 Å². The van der Waals surface area contributed by atoms with Crippen molar-refractivity contribution in [3.63, 3.8) is 0 Å². The number of benzene rings is 1. The number of aliphatic hydroxyl groups excluding tert-OH is 1. The number of carbonyl (C=O) groups excluding carboxylic acids is 1. The summed E-state index contributed by atoms with van der Waals surface area (Å²) in [7, 11) is 0. The van der Waals surface area contributed by atoms with Crippen LogP contribution in [0.25, 0.3) is 11.0 Å². The average Bonchev–Trinajstić information content (AvgIpc) is 3.04. The highest BCUT2D eigenvalue weighted by molar-refractivity contribution is 5.96. The minimum Gasteiger partial charge on any atom is -0.451 e. The maximum absolute atomic E-state index is 12.3. The smallest absolute Gasteiger partial charge is 0.289 e. The van der Waals surface area contributed by atoms with Gasteiger partial charge in [-0.1, -0.05) is 18.2 Å². The molecule has 1 aromatic heterocycles. The Balaban J connectivity index is 1.77. The molecule has 1 aliphatic heterocycles. The molecule has 0 aliphatic carbocycles. The number of amides is 1. The van der Waals surface area contributed by atoms with Crippen LogP contribution in [0.2, 0.25) is 0 Å². The standard InChI is InChI=1S/C15H17NO3/c17-8-6-11-5-7-16(10-11)15(18)14-9-12-3-1-2-4-13(12)19-14/h1-4,9,11,17H,5-8,10H2. The fourth-order valence-corrected chi connectivity index (χ4v) is 2.68. The topological polar surface area (TPSA) is 53.7 Å². The number of aliphatic hydroxyl groups is 1. The van der Waals surface area contributed by atoms with Crippen molar-refractivity contribution < 1.29 is 14.3 Å². The zero-order chi connectivity index (χ0) is 13.2. The summed E-state index contributed by atoms with van der Waals surface area (Å²) in [5.41, 5.74) is 0.747. The van der Waals surface area contributed by atoms with Crippen LogP contribution in [0, 0.1) is 5.92 Å². The van der Waals surface area contributed by atoms with Crippen molar-refractivity contribution in [2.45, 2.75) is 12.8 Å². The molecule has 2 heterocycles. The lowest BCUT2D eigenvalue weighted by Crippen LogP contribution is -2.28. The number of likely N-dealkylation sites (tertiary alicyclic amines) is 1. The van der Waals surface area contributed by atoms with E-state index in [-0.39, 0.29) is 12.5 Å². The lowest BCUT2D eigenvalue weighted by Gasteiger charge is -2.14. The second-order valence-electron chi connectivity index (χ2n) is 5.07. The maximum atomic E-state index is 12.3. The van der Waals surface area contributed by atoms with Gasteiger partial charge in [-0.15, -0.1) is 0 Å². The first-order valence-corrected chi connectivity index (χ1v) is 6.66. The van der Waals surface area contributed by atoms with Crippen LogP contribution >= 0.6 is 0 Å². The van der Waals surface area contributed by atoms with Gasteiger partial charge in [0.25, 0.3) is 5.91 Å². The van der Waals surface area contributed by atoms with Crippen LogP contribution in [-0.2, 0) is 0 Å². The summed E-state index contributed by atoms with van der Waals surface area (Å²) in [6, 6.07) is 9.43. The quantitative estimate of drug-likeness (QED) is 0.920. The van der Waals surface area contributed by atoms with Gasteiger partial charge in [0.1, 0.15) is 5.58 Å². The van der Waals surface area contributed by atoms with Crippen LogP contribution < -0.4 is 0 Å². The van der Waals surface area contributed by atoms with Crippen LogP contribution in [-0.4, -0.2) is 35.6 Å². The lowest BCUT2D eigenvalue weighted by atomic mass is 10.1. The molecule has 0 radical (unpaired) electrons. The Morgan fingerprint density at radius 2 is 2.26 bits per heavy atom. The van der Waals surface area contributed by atoms with E-state index < -0.39 is 0 Å². The summed E-state index contributed by atoms with van der Waals surface area (Å²) in [6.07, 6.45) is 1.73. The molecule has 1 amide bonds. The molecule has 1 fully saturated rings. The van der Waals surface area contributed by atoms with Gasteiger partial charge in [-0.2, -0.15) is 0 Å². The van der Waals surface area contributed by atoms with Gasteiger partial charge in [-0.3, -0.25) is 4.79 Å². The molecule has 1 atom stereocenters. The van der Waals surface area contributed by atoms with Crippen LogP contribution in [0.5, 0.6) is 0 Å². The molecule has 100 valence electrons. The molecule has 0 bridgehead atoms. The third kappa shape index (κ3) is 2.36. The number of para-hydroxylation sites is 1. The number of carbonyl (C=O) groups is 1. The molecule has 1 aliphatic rings. The average molecular weight is 259 g/mol. The highest BCUT2D eigenvalue weighted by atomic mass is 16.3. The third-order valence-electron chi connectivity index (χ3n) is 3.75. The predicted molar refractivity (Wildman–Crippen MR) is 71.9 cm³/mol. The monoisotopic (exact) mass is 259 g/mol. The zero-order valence-electron chi connectivity index (χ0n) is 10.7. The molecule has 4 nitrogen and oxygen atoms in total. The molecule has 4 heteroatoms. The van der Waals surface area contributed by atoms with Gasteiger partial charge in [0.15, 0.2) is 5.76 Å². The molecule has 0 spiro atoms.